The minimum absolute atomic E-state index is 0.187. The van der Waals surface area contributed by atoms with E-state index in [0.717, 1.165) is 38.5 Å². The standard InChI is InChI=1S/C52H97NO8/c1-3-5-7-9-11-13-15-17-19-21-22-23-24-26-28-30-32-34-36-38-40-42-48(56)53-45(44-60-52-51(59)50(58)49(57)47(43-54)61-52)46(55)41-39-37-35-33-31-29-27-25-20-18-16-14-12-10-8-6-4-2/h17,19,31,33,39,41,45-47,49-52,54-55,57-59H,3-16,18,20-30,32,34-38,40,42-44H2,1-2H3,(H,53,56)/b19-17+,33-31+,41-39+/t45-,46+,47-,49-,50?,51?,52-/m0/s1. The summed E-state index contributed by atoms with van der Waals surface area (Å²) in [4.78, 5) is 13.0. The summed E-state index contributed by atoms with van der Waals surface area (Å²) in [5.74, 6) is -0.187. The fourth-order valence-electron chi connectivity index (χ4n) is 8.05. The molecule has 1 saturated heterocycles. The lowest BCUT2D eigenvalue weighted by atomic mass is 9.99. The fraction of sp³-hybridized carbons (Fsp3) is 0.865. The molecule has 1 aliphatic rings. The monoisotopic (exact) mass is 864 g/mol. The van der Waals surface area contributed by atoms with Crippen LogP contribution in [0.1, 0.15) is 232 Å². The quantitative estimate of drug-likeness (QED) is 0.0262. The van der Waals surface area contributed by atoms with Crippen LogP contribution in [-0.2, 0) is 14.3 Å². The van der Waals surface area contributed by atoms with E-state index in [1.54, 1.807) is 6.08 Å². The molecule has 0 aromatic carbocycles. The normalized spacial score (nSPS) is 20.7. The predicted molar refractivity (Wildman–Crippen MR) is 253 cm³/mol. The number of ether oxygens (including phenoxy) is 2. The predicted octanol–water partition coefficient (Wildman–Crippen LogP) is 11.6. The lowest BCUT2D eigenvalue weighted by Gasteiger charge is -2.40. The van der Waals surface area contributed by atoms with E-state index >= 15 is 0 Å². The molecule has 1 amide bonds. The maximum absolute atomic E-state index is 13.0. The molecule has 0 bridgehead atoms. The van der Waals surface area contributed by atoms with Gasteiger partial charge in [0.15, 0.2) is 6.29 Å². The van der Waals surface area contributed by atoms with Gasteiger partial charge in [0.05, 0.1) is 25.4 Å². The summed E-state index contributed by atoms with van der Waals surface area (Å²) in [6, 6.07) is -0.820. The van der Waals surface area contributed by atoms with Gasteiger partial charge in [-0.3, -0.25) is 4.79 Å². The first kappa shape index (κ1) is 57.4. The average molecular weight is 864 g/mol. The molecule has 1 heterocycles. The van der Waals surface area contributed by atoms with Gasteiger partial charge in [-0.1, -0.05) is 204 Å². The van der Waals surface area contributed by atoms with Gasteiger partial charge in [-0.2, -0.15) is 0 Å². The molecule has 358 valence electrons. The number of hydrogen-bond donors (Lipinski definition) is 6. The second-order valence-electron chi connectivity index (χ2n) is 18.0. The molecule has 0 radical (unpaired) electrons. The Bertz CT molecular complexity index is 1050. The molecule has 0 spiro atoms. The topological polar surface area (TPSA) is 149 Å². The molecule has 0 aliphatic carbocycles. The van der Waals surface area contributed by atoms with Gasteiger partial charge in [0.1, 0.15) is 24.4 Å². The number of carbonyl (C=O) groups excluding carboxylic acids is 1. The highest BCUT2D eigenvalue weighted by Gasteiger charge is 2.44. The number of hydrogen-bond acceptors (Lipinski definition) is 8. The largest absolute Gasteiger partial charge is 0.394 e. The van der Waals surface area contributed by atoms with Gasteiger partial charge in [0.2, 0.25) is 5.91 Å². The molecule has 1 fully saturated rings. The van der Waals surface area contributed by atoms with Crippen LogP contribution in [0.5, 0.6) is 0 Å². The Balaban J connectivity index is 2.31. The van der Waals surface area contributed by atoms with Crippen molar-refractivity contribution >= 4 is 5.91 Å². The third-order valence-corrected chi connectivity index (χ3v) is 12.2. The van der Waals surface area contributed by atoms with Crippen LogP contribution < -0.4 is 5.32 Å². The van der Waals surface area contributed by atoms with Crippen LogP contribution >= 0.6 is 0 Å². The number of amides is 1. The summed E-state index contributed by atoms with van der Waals surface area (Å²) in [6.45, 7) is 3.77. The zero-order valence-corrected chi connectivity index (χ0v) is 39.4. The van der Waals surface area contributed by atoms with Crippen LogP contribution in [0, 0.1) is 0 Å². The Morgan fingerprint density at radius 2 is 0.934 bits per heavy atom. The number of nitrogens with one attached hydrogen (secondary N) is 1. The lowest BCUT2D eigenvalue weighted by molar-refractivity contribution is -0.302. The van der Waals surface area contributed by atoms with Gasteiger partial charge >= 0.3 is 0 Å². The lowest BCUT2D eigenvalue weighted by Crippen LogP contribution is -2.60. The van der Waals surface area contributed by atoms with Crippen molar-refractivity contribution in [2.75, 3.05) is 13.2 Å². The number of aliphatic hydroxyl groups is 5. The van der Waals surface area contributed by atoms with E-state index in [2.05, 4.69) is 43.5 Å². The number of unbranched alkanes of at least 4 members (excludes halogenated alkanes) is 29. The summed E-state index contributed by atoms with van der Waals surface area (Å²) >= 11 is 0. The van der Waals surface area contributed by atoms with E-state index in [1.807, 2.05) is 6.08 Å². The molecule has 2 unspecified atom stereocenters. The SMILES string of the molecule is CCCCCCCC/C=C/CCCCCCCCCCCCCC(=O)N[C@@H](CO[C@H]1O[C@@H](CO)[C@H](O)C(O)C1O)[C@H](O)/C=C/CC/C=C/CCCCCCCCCCCCC. The van der Waals surface area contributed by atoms with Crippen LogP contribution in [0.3, 0.4) is 0 Å². The molecule has 1 rings (SSSR count). The van der Waals surface area contributed by atoms with Gasteiger partial charge in [0.25, 0.3) is 0 Å². The second-order valence-corrected chi connectivity index (χ2v) is 18.0. The first-order chi connectivity index (χ1) is 29.8. The molecule has 9 nitrogen and oxygen atoms in total. The van der Waals surface area contributed by atoms with Crippen molar-refractivity contribution < 1.29 is 39.8 Å². The van der Waals surface area contributed by atoms with Crippen molar-refractivity contribution in [3.63, 3.8) is 0 Å². The molecule has 61 heavy (non-hydrogen) atoms. The molecule has 7 atom stereocenters. The van der Waals surface area contributed by atoms with E-state index in [-0.39, 0.29) is 12.5 Å². The number of aliphatic hydroxyl groups excluding tert-OH is 5. The minimum atomic E-state index is -1.57. The highest BCUT2D eigenvalue weighted by atomic mass is 16.7. The summed E-state index contributed by atoms with van der Waals surface area (Å²) in [5, 5.41) is 54.3. The molecule has 9 heteroatoms. The Kier molecular flexibility index (Phi) is 39.9. The van der Waals surface area contributed by atoms with E-state index in [1.165, 1.54) is 173 Å². The smallest absolute Gasteiger partial charge is 0.220 e. The molecular formula is C52H97NO8. The van der Waals surface area contributed by atoms with Gasteiger partial charge in [-0.15, -0.1) is 0 Å². The Labute approximate surface area is 374 Å². The minimum Gasteiger partial charge on any atom is -0.394 e. The Morgan fingerprint density at radius 3 is 1.38 bits per heavy atom. The van der Waals surface area contributed by atoms with Crippen molar-refractivity contribution in [3.8, 4) is 0 Å². The highest BCUT2D eigenvalue weighted by molar-refractivity contribution is 5.76. The summed E-state index contributed by atoms with van der Waals surface area (Å²) < 4.78 is 11.2. The van der Waals surface area contributed by atoms with Crippen LogP contribution in [0.25, 0.3) is 0 Å². The number of allylic oxidation sites excluding steroid dienone is 5. The third kappa shape index (κ3) is 32.7. The molecule has 0 aromatic heterocycles. The summed E-state index contributed by atoms with van der Waals surface area (Å²) in [5.41, 5.74) is 0. The number of rotatable bonds is 43. The van der Waals surface area contributed by atoms with Crippen molar-refractivity contribution in [1.29, 1.82) is 0 Å². The fourth-order valence-corrected chi connectivity index (χ4v) is 8.05. The Morgan fingerprint density at radius 1 is 0.541 bits per heavy atom. The maximum Gasteiger partial charge on any atom is 0.220 e. The van der Waals surface area contributed by atoms with Crippen LogP contribution in [0.4, 0.5) is 0 Å². The van der Waals surface area contributed by atoms with Crippen LogP contribution in [-0.4, -0.2) is 87.5 Å². The van der Waals surface area contributed by atoms with Gasteiger partial charge < -0.3 is 40.3 Å². The molecule has 6 N–H and O–H groups in total. The zero-order chi connectivity index (χ0) is 44.4. The highest BCUT2D eigenvalue weighted by Crippen LogP contribution is 2.23. The van der Waals surface area contributed by atoms with E-state index in [4.69, 9.17) is 9.47 Å². The molecule has 0 aromatic rings. The van der Waals surface area contributed by atoms with E-state index in [0.29, 0.717) is 6.42 Å². The average Bonchev–Trinajstić information content (AvgIpc) is 3.26. The molecule has 0 saturated carbocycles. The Hall–Kier alpha value is -1.59. The third-order valence-electron chi connectivity index (χ3n) is 12.2. The van der Waals surface area contributed by atoms with Gasteiger partial charge in [-0.05, 0) is 57.8 Å². The molecule has 1 aliphatic heterocycles. The van der Waals surface area contributed by atoms with Crippen molar-refractivity contribution in [2.24, 2.45) is 0 Å². The number of carbonyl (C=O) groups is 1. The van der Waals surface area contributed by atoms with Gasteiger partial charge in [0, 0.05) is 6.42 Å². The van der Waals surface area contributed by atoms with E-state index < -0.39 is 49.5 Å². The van der Waals surface area contributed by atoms with Crippen molar-refractivity contribution in [2.45, 2.75) is 275 Å². The van der Waals surface area contributed by atoms with E-state index in [9.17, 15) is 30.3 Å². The summed E-state index contributed by atoms with van der Waals surface area (Å²) in [7, 11) is 0. The zero-order valence-electron chi connectivity index (χ0n) is 39.4. The van der Waals surface area contributed by atoms with Crippen molar-refractivity contribution in [1.82, 2.24) is 5.32 Å². The first-order valence-corrected chi connectivity index (χ1v) is 25.7. The first-order valence-electron chi connectivity index (χ1n) is 25.7. The van der Waals surface area contributed by atoms with Crippen LogP contribution in [0.15, 0.2) is 36.5 Å². The van der Waals surface area contributed by atoms with Gasteiger partial charge in [-0.25, -0.2) is 0 Å². The van der Waals surface area contributed by atoms with Crippen molar-refractivity contribution in [3.05, 3.63) is 36.5 Å². The molecular weight excluding hydrogens is 767 g/mol. The summed E-state index contributed by atoms with van der Waals surface area (Å²) in [6.07, 6.45) is 46.2. The van der Waals surface area contributed by atoms with Crippen LogP contribution in [0.2, 0.25) is 0 Å². The second kappa shape index (κ2) is 42.4. The maximum atomic E-state index is 13.0.